The first-order valence-electron chi connectivity index (χ1n) is 8.81. The van der Waals surface area contributed by atoms with E-state index in [4.69, 9.17) is 28.4 Å². The number of hydrogen-bond acceptors (Lipinski definition) is 9. The van der Waals surface area contributed by atoms with Crippen molar-refractivity contribution in [2.24, 2.45) is 17.3 Å². The second kappa shape index (κ2) is 4.96. The Morgan fingerprint density at radius 3 is 2.77 bits per heavy atom. The van der Waals surface area contributed by atoms with Crippen molar-refractivity contribution < 1.29 is 43.1 Å². The van der Waals surface area contributed by atoms with E-state index in [1.165, 1.54) is 7.11 Å². The van der Waals surface area contributed by atoms with Gasteiger partial charge in [-0.1, -0.05) is 6.92 Å². The van der Waals surface area contributed by atoms with Crippen molar-refractivity contribution in [3.8, 4) is 0 Å². The maximum absolute atomic E-state index is 12.7. The molecule has 1 N–H and O–H groups in total. The largest absolute Gasteiger partial charge is 0.458 e. The molecule has 26 heavy (non-hydrogen) atoms. The molecule has 0 aromatic carbocycles. The Morgan fingerprint density at radius 2 is 2.04 bits per heavy atom. The van der Waals surface area contributed by atoms with Crippen molar-refractivity contribution in [2.75, 3.05) is 20.5 Å². The van der Waals surface area contributed by atoms with Gasteiger partial charge in [-0.2, -0.15) is 0 Å². The third-order valence-corrected chi connectivity index (χ3v) is 7.18. The quantitative estimate of drug-likeness (QED) is 0.512. The Bertz CT molecular complexity index is 681. The van der Waals surface area contributed by atoms with Gasteiger partial charge in [-0.25, -0.2) is 4.79 Å². The van der Waals surface area contributed by atoms with Crippen LogP contribution in [0.2, 0.25) is 0 Å². The van der Waals surface area contributed by atoms with Crippen LogP contribution < -0.4 is 0 Å². The van der Waals surface area contributed by atoms with Crippen LogP contribution in [0.3, 0.4) is 0 Å². The fourth-order valence-electron chi connectivity index (χ4n) is 5.99. The first kappa shape index (κ1) is 16.9. The molecule has 9 nitrogen and oxygen atoms in total. The smallest absolute Gasteiger partial charge is 0.339 e. The molecule has 1 saturated carbocycles. The highest BCUT2D eigenvalue weighted by Crippen LogP contribution is 2.69. The van der Waals surface area contributed by atoms with Crippen LogP contribution in [0.1, 0.15) is 20.3 Å². The fraction of sp³-hybridized carbons (Fsp3) is 0.882. The van der Waals surface area contributed by atoms with E-state index in [-0.39, 0.29) is 19.4 Å². The van der Waals surface area contributed by atoms with Gasteiger partial charge in [0.15, 0.2) is 23.6 Å². The number of esters is 2. The number of carbonyl (C=O) groups excluding carboxylic acids is 2. The van der Waals surface area contributed by atoms with Crippen LogP contribution in [0.25, 0.3) is 0 Å². The van der Waals surface area contributed by atoms with Crippen molar-refractivity contribution in [3.05, 3.63) is 0 Å². The molecule has 5 aliphatic rings. The van der Waals surface area contributed by atoms with Crippen LogP contribution >= 0.6 is 0 Å². The van der Waals surface area contributed by atoms with E-state index < -0.39 is 59.0 Å². The Hall–Kier alpha value is -1.26. The summed E-state index contributed by atoms with van der Waals surface area (Å²) in [6.45, 7) is 3.74. The van der Waals surface area contributed by atoms with Crippen LogP contribution in [0, 0.1) is 17.3 Å². The zero-order chi connectivity index (χ0) is 18.5. The Balaban J connectivity index is 1.73. The highest BCUT2D eigenvalue weighted by molar-refractivity contribution is 5.82. The van der Waals surface area contributed by atoms with Crippen LogP contribution in [-0.4, -0.2) is 73.4 Å². The van der Waals surface area contributed by atoms with Gasteiger partial charge in [-0.05, 0) is 18.8 Å². The van der Waals surface area contributed by atoms with Gasteiger partial charge in [0.05, 0.1) is 12.5 Å². The molecule has 4 aliphatic heterocycles. The molecule has 4 bridgehead atoms. The lowest BCUT2D eigenvalue weighted by atomic mass is 9.48. The van der Waals surface area contributed by atoms with Crippen molar-refractivity contribution in [1.29, 1.82) is 0 Å². The summed E-state index contributed by atoms with van der Waals surface area (Å²) in [7, 11) is 1.50. The van der Waals surface area contributed by atoms with Gasteiger partial charge in [0.2, 0.25) is 0 Å². The molecule has 5 rings (SSSR count). The van der Waals surface area contributed by atoms with Gasteiger partial charge < -0.3 is 33.5 Å². The molecule has 0 unspecified atom stereocenters. The van der Waals surface area contributed by atoms with Crippen molar-refractivity contribution in [2.45, 2.75) is 56.1 Å². The Morgan fingerprint density at radius 1 is 1.27 bits per heavy atom. The van der Waals surface area contributed by atoms with E-state index in [1.807, 2.05) is 6.92 Å². The van der Waals surface area contributed by atoms with E-state index in [9.17, 15) is 14.7 Å². The predicted octanol–water partition coefficient (Wildman–Crippen LogP) is -0.655. The summed E-state index contributed by atoms with van der Waals surface area (Å²) in [6, 6.07) is 0. The lowest BCUT2D eigenvalue weighted by molar-refractivity contribution is -0.316. The molecule has 144 valence electrons. The van der Waals surface area contributed by atoms with Crippen molar-refractivity contribution in [1.82, 2.24) is 0 Å². The van der Waals surface area contributed by atoms with Crippen molar-refractivity contribution >= 4 is 11.9 Å². The van der Waals surface area contributed by atoms with Crippen LogP contribution in [0.4, 0.5) is 0 Å². The first-order valence-corrected chi connectivity index (χ1v) is 8.81. The molecule has 0 radical (unpaired) electrons. The average Bonchev–Trinajstić information content (AvgIpc) is 2.96. The minimum atomic E-state index is -1.52. The number of rotatable bonds is 3. The molecule has 1 aliphatic carbocycles. The molecule has 4 heterocycles. The summed E-state index contributed by atoms with van der Waals surface area (Å²) in [6.07, 6.45) is -3.20. The topological polar surface area (TPSA) is 110 Å². The Kier molecular flexibility index (Phi) is 3.22. The summed E-state index contributed by atoms with van der Waals surface area (Å²) >= 11 is 0. The minimum absolute atomic E-state index is 0.00327. The third-order valence-electron chi connectivity index (χ3n) is 7.18. The highest BCUT2D eigenvalue weighted by Gasteiger charge is 2.85. The summed E-state index contributed by atoms with van der Waals surface area (Å²) in [5.41, 5.74) is -3.37. The summed E-state index contributed by atoms with van der Waals surface area (Å²) < 4.78 is 34.2. The van der Waals surface area contributed by atoms with E-state index in [0.717, 1.165) is 0 Å². The van der Waals surface area contributed by atoms with Gasteiger partial charge >= 0.3 is 11.9 Å². The number of fused-ring (bicyclic) bond motifs is 3. The van der Waals surface area contributed by atoms with Gasteiger partial charge in [0, 0.05) is 13.0 Å². The van der Waals surface area contributed by atoms with E-state index in [2.05, 4.69) is 0 Å². The van der Waals surface area contributed by atoms with E-state index in [1.54, 1.807) is 6.92 Å². The van der Waals surface area contributed by atoms with Crippen LogP contribution in [0.15, 0.2) is 0 Å². The lowest BCUT2D eigenvalue weighted by Crippen LogP contribution is -2.76. The number of aliphatic hydroxyl groups is 1. The van der Waals surface area contributed by atoms with Gasteiger partial charge in [0.25, 0.3) is 0 Å². The Labute approximate surface area is 149 Å². The standard InChI is InChI=1S/C17H22O9/c1-15-4-8-16(2)17(11(18)13(20)25-16)10(15)9(23-6-21-3)14(26-17)22-5-7(15)12(19)24-8/h7-11,14,18H,4-6H2,1-3H3/t7-,8+,9+,10-,11+,14+,15+,16-,17+/m0/s1. The predicted molar refractivity (Wildman–Crippen MR) is 80.4 cm³/mol. The molecular formula is C17H22O9. The molecule has 4 saturated heterocycles. The zero-order valence-electron chi connectivity index (χ0n) is 14.8. The lowest BCUT2D eigenvalue weighted by Gasteiger charge is -2.61. The number of hydrogen-bond donors (Lipinski definition) is 1. The summed E-state index contributed by atoms with van der Waals surface area (Å²) in [4.78, 5) is 25.1. The minimum Gasteiger partial charge on any atom is -0.458 e. The molecule has 9 atom stereocenters. The second-order valence-corrected chi connectivity index (χ2v) is 8.25. The molecule has 1 spiro atoms. The first-order chi connectivity index (χ1) is 12.3. The molecule has 0 aromatic heterocycles. The monoisotopic (exact) mass is 370 g/mol. The number of ether oxygens (including phenoxy) is 6. The molecule has 9 heteroatoms. The van der Waals surface area contributed by atoms with Crippen LogP contribution in [0.5, 0.6) is 0 Å². The fourth-order valence-corrected chi connectivity index (χ4v) is 5.99. The van der Waals surface area contributed by atoms with Crippen molar-refractivity contribution in [3.63, 3.8) is 0 Å². The van der Waals surface area contributed by atoms with Gasteiger partial charge in [0.1, 0.15) is 19.0 Å². The molecule has 0 amide bonds. The molecule has 0 aromatic rings. The van der Waals surface area contributed by atoms with Crippen LogP contribution in [-0.2, 0) is 38.0 Å². The number of methoxy groups -OCH3 is 1. The molecule has 5 fully saturated rings. The van der Waals surface area contributed by atoms with E-state index in [0.29, 0.717) is 6.42 Å². The zero-order valence-corrected chi connectivity index (χ0v) is 14.8. The number of carbonyl (C=O) groups is 2. The average molecular weight is 370 g/mol. The number of aliphatic hydroxyl groups excluding tert-OH is 1. The van der Waals surface area contributed by atoms with Gasteiger partial charge in [-0.15, -0.1) is 0 Å². The summed E-state index contributed by atoms with van der Waals surface area (Å²) in [5.74, 6) is -2.20. The maximum atomic E-state index is 12.7. The normalized spacial score (nSPS) is 56.8. The summed E-state index contributed by atoms with van der Waals surface area (Å²) in [5, 5.41) is 10.8. The van der Waals surface area contributed by atoms with E-state index >= 15 is 0 Å². The SMILES string of the molecule is COCO[C@H]1[C@@H]2OC[C@H]3C(=O)O[C@@H]4C[C@@]3(C)[C@H]1[C@@]1(O2)[C@H](O)C(=O)O[C@@]41C. The third kappa shape index (κ3) is 1.61. The maximum Gasteiger partial charge on any atom is 0.339 e. The molecular weight excluding hydrogens is 348 g/mol. The van der Waals surface area contributed by atoms with Gasteiger partial charge in [-0.3, -0.25) is 4.79 Å². The second-order valence-electron chi connectivity index (χ2n) is 8.25. The highest BCUT2D eigenvalue weighted by atomic mass is 16.8.